The molecule has 0 aliphatic heterocycles. The summed E-state index contributed by atoms with van der Waals surface area (Å²) in [7, 11) is 3.48. The fraction of sp³-hybridized carbons (Fsp3) is 0.444. The Morgan fingerprint density at radius 1 is 1.25 bits per heavy atom. The molecule has 6 heteroatoms. The lowest BCUT2D eigenvalue weighted by Gasteiger charge is -2.24. The van der Waals surface area contributed by atoms with Crippen molar-refractivity contribution in [3.8, 4) is 5.69 Å². The van der Waals surface area contributed by atoms with Crippen molar-refractivity contribution >= 4 is 5.96 Å². The number of aromatic nitrogens is 2. The summed E-state index contributed by atoms with van der Waals surface area (Å²) in [6, 6.07) is 10.1. The van der Waals surface area contributed by atoms with Gasteiger partial charge in [-0.15, -0.1) is 0 Å². The van der Waals surface area contributed by atoms with Crippen LogP contribution in [0.2, 0.25) is 0 Å². The van der Waals surface area contributed by atoms with E-state index in [1.807, 2.05) is 55.1 Å². The number of nitrogens with one attached hydrogen (secondary N) is 2. The standard InChI is InChI=1S/C18H27N5O/c1-18(2,24-4)14-21-17(19-3)20-11-10-15-12-22-23(13-15)16-8-6-5-7-9-16/h5-9,12-13H,10-11,14H2,1-4H3,(H2,19,20,21). The molecule has 1 aromatic carbocycles. The maximum atomic E-state index is 5.39. The van der Waals surface area contributed by atoms with Crippen molar-refractivity contribution in [1.29, 1.82) is 0 Å². The van der Waals surface area contributed by atoms with Gasteiger partial charge in [0.05, 0.1) is 17.5 Å². The lowest BCUT2D eigenvalue weighted by atomic mass is 10.1. The average molecular weight is 329 g/mol. The number of ether oxygens (including phenoxy) is 1. The third kappa shape index (κ3) is 5.38. The number of para-hydroxylation sites is 1. The maximum Gasteiger partial charge on any atom is 0.191 e. The molecule has 0 amide bonds. The fourth-order valence-corrected chi connectivity index (χ4v) is 2.13. The summed E-state index contributed by atoms with van der Waals surface area (Å²) in [6.45, 7) is 5.54. The first-order valence-electron chi connectivity index (χ1n) is 8.13. The van der Waals surface area contributed by atoms with Gasteiger partial charge in [0.2, 0.25) is 0 Å². The summed E-state index contributed by atoms with van der Waals surface area (Å²) in [5.41, 5.74) is 2.02. The third-order valence-electron chi connectivity index (χ3n) is 3.82. The van der Waals surface area contributed by atoms with E-state index >= 15 is 0 Å². The zero-order valence-electron chi connectivity index (χ0n) is 14.9. The molecule has 0 saturated heterocycles. The minimum absolute atomic E-state index is 0.228. The number of aliphatic imine (C=N–C) groups is 1. The number of benzene rings is 1. The summed E-state index contributed by atoms with van der Waals surface area (Å²) in [4.78, 5) is 4.23. The Kier molecular flexibility index (Phi) is 6.37. The first-order chi connectivity index (χ1) is 11.5. The van der Waals surface area contributed by atoms with Gasteiger partial charge in [0, 0.05) is 33.4 Å². The molecule has 0 atom stereocenters. The number of rotatable bonds is 7. The van der Waals surface area contributed by atoms with E-state index in [4.69, 9.17) is 4.74 Å². The van der Waals surface area contributed by atoms with Gasteiger partial charge in [-0.1, -0.05) is 18.2 Å². The molecule has 2 N–H and O–H groups in total. The molecule has 0 saturated carbocycles. The second kappa shape index (κ2) is 8.49. The molecule has 0 unspecified atom stereocenters. The Morgan fingerprint density at radius 2 is 2.00 bits per heavy atom. The number of nitrogens with zero attached hydrogens (tertiary/aromatic N) is 3. The van der Waals surface area contributed by atoms with Crippen LogP contribution >= 0.6 is 0 Å². The highest BCUT2D eigenvalue weighted by Gasteiger charge is 2.16. The Morgan fingerprint density at radius 3 is 2.67 bits per heavy atom. The Bertz CT molecular complexity index is 648. The van der Waals surface area contributed by atoms with Crippen LogP contribution in [0.3, 0.4) is 0 Å². The minimum Gasteiger partial charge on any atom is -0.377 e. The smallest absolute Gasteiger partial charge is 0.191 e. The second-order valence-electron chi connectivity index (χ2n) is 6.20. The van der Waals surface area contributed by atoms with E-state index in [0.717, 1.165) is 24.6 Å². The van der Waals surface area contributed by atoms with Gasteiger partial charge in [0.1, 0.15) is 0 Å². The largest absolute Gasteiger partial charge is 0.377 e. The van der Waals surface area contributed by atoms with Gasteiger partial charge in [-0.25, -0.2) is 4.68 Å². The zero-order chi connectivity index (χ0) is 17.4. The molecule has 0 spiro atoms. The van der Waals surface area contributed by atoms with E-state index in [0.29, 0.717) is 6.54 Å². The van der Waals surface area contributed by atoms with E-state index < -0.39 is 0 Å². The minimum atomic E-state index is -0.228. The van der Waals surface area contributed by atoms with Gasteiger partial charge >= 0.3 is 0 Å². The number of guanidine groups is 1. The highest BCUT2D eigenvalue weighted by molar-refractivity contribution is 5.79. The van der Waals surface area contributed by atoms with Gasteiger partial charge in [0.25, 0.3) is 0 Å². The maximum absolute atomic E-state index is 5.39. The van der Waals surface area contributed by atoms with E-state index in [1.165, 1.54) is 5.56 Å². The number of methoxy groups -OCH3 is 1. The first-order valence-corrected chi connectivity index (χ1v) is 8.13. The average Bonchev–Trinajstić information content (AvgIpc) is 3.07. The summed E-state index contributed by atoms with van der Waals surface area (Å²) in [5.74, 6) is 0.774. The van der Waals surface area contributed by atoms with Gasteiger partial charge < -0.3 is 15.4 Å². The van der Waals surface area contributed by atoms with Gasteiger partial charge in [0.15, 0.2) is 5.96 Å². The second-order valence-corrected chi connectivity index (χ2v) is 6.20. The predicted octanol–water partition coefficient (Wildman–Crippen LogP) is 2.00. The van der Waals surface area contributed by atoms with E-state index in [9.17, 15) is 0 Å². The van der Waals surface area contributed by atoms with Crippen LogP contribution in [0.5, 0.6) is 0 Å². The molecule has 1 heterocycles. The fourth-order valence-electron chi connectivity index (χ4n) is 2.13. The van der Waals surface area contributed by atoms with Crippen molar-refractivity contribution in [2.24, 2.45) is 4.99 Å². The lowest BCUT2D eigenvalue weighted by Crippen LogP contribution is -2.45. The summed E-state index contributed by atoms with van der Waals surface area (Å²) in [5, 5.41) is 11.0. The van der Waals surface area contributed by atoms with Gasteiger partial charge in [-0.3, -0.25) is 4.99 Å². The normalized spacial score (nSPS) is 12.2. The summed E-state index contributed by atoms with van der Waals surface area (Å²) >= 11 is 0. The zero-order valence-corrected chi connectivity index (χ0v) is 14.9. The van der Waals surface area contributed by atoms with E-state index in [-0.39, 0.29) is 5.60 Å². The van der Waals surface area contributed by atoms with Crippen molar-refractivity contribution in [2.75, 3.05) is 27.2 Å². The number of hydrogen-bond donors (Lipinski definition) is 2. The molecular weight excluding hydrogens is 302 g/mol. The topological polar surface area (TPSA) is 63.5 Å². The van der Waals surface area contributed by atoms with Crippen LogP contribution in [0.15, 0.2) is 47.7 Å². The van der Waals surface area contributed by atoms with Crippen LogP contribution in [-0.2, 0) is 11.2 Å². The summed E-state index contributed by atoms with van der Waals surface area (Å²) < 4.78 is 7.29. The molecule has 0 aliphatic carbocycles. The van der Waals surface area contributed by atoms with Crippen molar-refractivity contribution < 1.29 is 4.74 Å². The molecule has 2 rings (SSSR count). The summed E-state index contributed by atoms with van der Waals surface area (Å²) in [6.07, 6.45) is 4.83. The van der Waals surface area contributed by atoms with E-state index in [1.54, 1.807) is 14.2 Å². The van der Waals surface area contributed by atoms with Crippen LogP contribution in [0.4, 0.5) is 0 Å². The molecule has 24 heavy (non-hydrogen) atoms. The molecular formula is C18H27N5O. The number of hydrogen-bond acceptors (Lipinski definition) is 3. The molecule has 0 bridgehead atoms. The predicted molar refractivity (Wildman–Crippen MR) is 97.7 cm³/mol. The monoisotopic (exact) mass is 329 g/mol. The molecule has 0 aliphatic rings. The van der Waals surface area contributed by atoms with Gasteiger partial charge in [-0.2, -0.15) is 5.10 Å². The van der Waals surface area contributed by atoms with E-state index in [2.05, 4.69) is 26.9 Å². The quantitative estimate of drug-likeness (QED) is 0.602. The molecule has 130 valence electrons. The highest BCUT2D eigenvalue weighted by atomic mass is 16.5. The Hall–Kier alpha value is -2.34. The van der Waals surface area contributed by atoms with Crippen LogP contribution in [0.25, 0.3) is 5.69 Å². The SMILES string of the molecule is CN=C(NCCc1cnn(-c2ccccc2)c1)NCC(C)(C)OC. The van der Waals surface area contributed by atoms with Crippen LogP contribution < -0.4 is 10.6 Å². The Labute approximate surface area is 143 Å². The van der Waals surface area contributed by atoms with Crippen molar-refractivity contribution in [3.05, 3.63) is 48.3 Å². The van der Waals surface area contributed by atoms with Crippen LogP contribution in [-0.4, -0.2) is 48.6 Å². The third-order valence-corrected chi connectivity index (χ3v) is 3.82. The highest BCUT2D eigenvalue weighted by Crippen LogP contribution is 2.08. The molecule has 0 radical (unpaired) electrons. The molecule has 6 nitrogen and oxygen atoms in total. The lowest BCUT2D eigenvalue weighted by molar-refractivity contribution is 0.0268. The van der Waals surface area contributed by atoms with Gasteiger partial charge in [-0.05, 0) is 38.0 Å². The molecule has 1 aromatic heterocycles. The molecule has 0 fully saturated rings. The van der Waals surface area contributed by atoms with Crippen molar-refractivity contribution in [3.63, 3.8) is 0 Å². The first kappa shape index (κ1) is 18.0. The van der Waals surface area contributed by atoms with Crippen molar-refractivity contribution in [2.45, 2.75) is 25.9 Å². The van der Waals surface area contributed by atoms with Crippen LogP contribution in [0.1, 0.15) is 19.4 Å². The van der Waals surface area contributed by atoms with Crippen molar-refractivity contribution in [1.82, 2.24) is 20.4 Å². The Balaban J connectivity index is 1.80. The molecule has 2 aromatic rings. The van der Waals surface area contributed by atoms with Crippen LogP contribution in [0, 0.1) is 0 Å².